The van der Waals surface area contributed by atoms with Gasteiger partial charge in [0.1, 0.15) is 0 Å². The fraction of sp³-hybridized carbons (Fsp3) is 0.600. The number of hydrogen-bond acceptors (Lipinski definition) is 3. The van der Waals surface area contributed by atoms with Gasteiger partial charge in [0.25, 0.3) is 0 Å². The third-order valence-corrected chi connectivity index (χ3v) is 5.57. The van der Waals surface area contributed by atoms with E-state index < -0.39 is 10.0 Å². The molecule has 0 bridgehead atoms. The van der Waals surface area contributed by atoms with Gasteiger partial charge in [-0.05, 0) is 43.0 Å². The Morgan fingerprint density at radius 1 is 1.15 bits per heavy atom. The van der Waals surface area contributed by atoms with Crippen LogP contribution in [0.25, 0.3) is 0 Å². The SMILES string of the molecule is CC(C)CN(C(C)C)S(=O)(=O)c1ccc2c(c1)CNC2. The molecule has 0 unspecified atom stereocenters. The summed E-state index contributed by atoms with van der Waals surface area (Å²) in [5, 5.41) is 3.24. The van der Waals surface area contributed by atoms with Crippen LogP contribution in [0.4, 0.5) is 0 Å². The number of fused-ring (bicyclic) bond motifs is 1. The molecule has 0 fully saturated rings. The lowest BCUT2D eigenvalue weighted by Crippen LogP contribution is -2.39. The van der Waals surface area contributed by atoms with E-state index in [4.69, 9.17) is 0 Å². The molecule has 2 rings (SSSR count). The molecule has 1 heterocycles. The van der Waals surface area contributed by atoms with Crippen molar-refractivity contribution in [3.05, 3.63) is 29.3 Å². The first-order valence-electron chi connectivity index (χ1n) is 7.16. The van der Waals surface area contributed by atoms with Crippen LogP contribution in [-0.2, 0) is 23.1 Å². The van der Waals surface area contributed by atoms with Crippen LogP contribution in [0.1, 0.15) is 38.8 Å². The number of nitrogens with one attached hydrogen (secondary N) is 1. The third-order valence-electron chi connectivity index (χ3n) is 3.54. The van der Waals surface area contributed by atoms with Gasteiger partial charge in [0.2, 0.25) is 10.0 Å². The Morgan fingerprint density at radius 2 is 1.80 bits per heavy atom. The predicted molar refractivity (Wildman–Crippen MR) is 80.9 cm³/mol. The first-order valence-corrected chi connectivity index (χ1v) is 8.60. The van der Waals surface area contributed by atoms with Gasteiger partial charge in [-0.25, -0.2) is 8.42 Å². The van der Waals surface area contributed by atoms with Crippen molar-refractivity contribution in [1.82, 2.24) is 9.62 Å². The average molecular weight is 296 g/mol. The minimum atomic E-state index is -3.41. The average Bonchev–Trinajstić information content (AvgIpc) is 2.82. The number of benzene rings is 1. The fourth-order valence-electron chi connectivity index (χ4n) is 2.51. The van der Waals surface area contributed by atoms with Crippen molar-refractivity contribution in [2.75, 3.05) is 6.54 Å². The van der Waals surface area contributed by atoms with E-state index in [0.29, 0.717) is 17.4 Å². The van der Waals surface area contributed by atoms with Gasteiger partial charge in [-0.15, -0.1) is 0 Å². The Bertz CT molecular complexity index is 580. The Labute approximate surface area is 122 Å². The Hall–Kier alpha value is -0.910. The maximum Gasteiger partial charge on any atom is 0.243 e. The highest BCUT2D eigenvalue weighted by Gasteiger charge is 2.28. The van der Waals surface area contributed by atoms with Crippen LogP contribution in [0.5, 0.6) is 0 Å². The lowest BCUT2D eigenvalue weighted by Gasteiger charge is -2.27. The van der Waals surface area contributed by atoms with Gasteiger partial charge in [-0.2, -0.15) is 4.31 Å². The molecule has 0 atom stereocenters. The van der Waals surface area contributed by atoms with Crippen molar-refractivity contribution in [3.63, 3.8) is 0 Å². The zero-order valence-corrected chi connectivity index (χ0v) is 13.5. The minimum Gasteiger partial charge on any atom is -0.309 e. The molecule has 0 amide bonds. The van der Waals surface area contributed by atoms with E-state index in [1.54, 1.807) is 10.4 Å². The highest BCUT2D eigenvalue weighted by molar-refractivity contribution is 7.89. The van der Waals surface area contributed by atoms with Crippen LogP contribution in [-0.4, -0.2) is 25.3 Å². The second-order valence-corrected chi connectivity index (χ2v) is 7.99. The summed E-state index contributed by atoms with van der Waals surface area (Å²) in [6.07, 6.45) is 0. The zero-order chi connectivity index (χ0) is 14.9. The van der Waals surface area contributed by atoms with Gasteiger partial charge in [-0.1, -0.05) is 19.9 Å². The number of sulfonamides is 1. The normalized spacial score (nSPS) is 15.3. The van der Waals surface area contributed by atoms with Crippen LogP contribution in [0, 0.1) is 5.92 Å². The molecule has 0 aromatic heterocycles. The van der Waals surface area contributed by atoms with Gasteiger partial charge >= 0.3 is 0 Å². The van der Waals surface area contributed by atoms with Gasteiger partial charge < -0.3 is 5.32 Å². The molecule has 1 aromatic carbocycles. The molecule has 0 saturated carbocycles. The van der Waals surface area contributed by atoms with Crippen molar-refractivity contribution in [1.29, 1.82) is 0 Å². The van der Waals surface area contributed by atoms with E-state index in [1.165, 1.54) is 5.56 Å². The first kappa shape index (κ1) is 15.5. The second kappa shape index (κ2) is 5.84. The minimum absolute atomic E-state index is 0.0335. The van der Waals surface area contributed by atoms with Crippen LogP contribution in [0.3, 0.4) is 0 Å². The molecule has 0 aliphatic carbocycles. The quantitative estimate of drug-likeness (QED) is 0.907. The summed E-state index contributed by atoms with van der Waals surface area (Å²) in [4.78, 5) is 0.411. The van der Waals surface area contributed by atoms with Crippen LogP contribution < -0.4 is 5.32 Å². The Morgan fingerprint density at radius 3 is 2.40 bits per heavy atom. The van der Waals surface area contributed by atoms with E-state index in [2.05, 4.69) is 5.32 Å². The Balaban J connectivity index is 2.37. The van der Waals surface area contributed by atoms with E-state index in [9.17, 15) is 8.42 Å². The van der Waals surface area contributed by atoms with Crippen molar-refractivity contribution < 1.29 is 8.42 Å². The Kier molecular flexibility index (Phi) is 4.52. The van der Waals surface area contributed by atoms with Crippen molar-refractivity contribution in [2.45, 2.75) is 51.7 Å². The number of nitrogens with zero attached hydrogens (tertiary/aromatic N) is 1. The summed E-state index contributed by atoms with van der Waals surface area (Å²) in [5.74, 6) is 0.309. The monoisotopic (exact) mass is 296 g/mol. The number of rotatable bonds is 5. The first-order chi connectivity index (χ1) is 9.32. The predicted octanol–water partition coefficient (Wildman–Crippen LogP) is 2.34. The molecule has 1 aliphatic heterocycles. The molecule has 5 heteroatoms. The second-order valence-electron chi connectivity index (χ2n) is 6.10. The molecule has 1 aromatic rings. The molecule has 4 nitrogen and oxygen atoms in total. The van der Waals surface area contributed by atoms with Crippen LogP contribution in [0.2, 0.25) is 0 Å². The van der Waals surface area contributed by atoms with Gasteiger partial charge in [0.05, 0.1) is 4.90 Å². The topological polar surface area (TPSA) is 49.4 Å². The maximum atomic E-state index is 12.8. The molecule has 0 spiro atoms. The van der Waals surface area contributed by atoms with Gasteiger partial charge in [0.15, 0.2) is 0 Å². The van der Waals surface area contributed by atoms with E-state index >= 15 is 0 Å². The molecular formula is C15H24N2O2S. The lowest BCUT2D eigenvalue weighted by molar-refractivity contribution is 0.319. The maximum absolute atomic E-state index is 12.8. The zero-order valence-electron chi connectivity index (χ0n) is 12.7. The highest BCUT2D eigenvalue weighted by Crippen LogP contribution is 2.24. The number of hydrogen-bond donors (Lipinski definition) is 1. The largest absolute Gasteiger partial charge is 0.309 e. The van der Waals surface area contributed by atoms with Gasteiger partial charge in [0, 0.05) is 25.7 Å². The van der Waals surface area contributed by atoms with E-state index in [-0.39, 0.29) is 6.04 Å². The summed E-state index contributed by atoms with van der Waals surface area (Å²) in [5.41, 5.74) is 2.29. The van der Waals surface area contributed by atoms with Gasteiger partial charge in [-0.3, -0.25) is 0 Å². The van der Waals surface area contributed by atoms with Crippen LogP contribution >= 0.6 is 0 Å². The molecule has 112 valence electrons. The summed E-state index contributed by atoms with van der Waals surface area (Å²) in [6, 6.07) is 5.45. The standard InChI is InChI=1S/C15H24N2O2S/c1-11(2)10-17(12(3)4)20(18,19)15-6-5-13-8-16-9-14(13)7-15/h5-7,11-12,16H,8-10H2,1-4H3. The fourth-order valence-corrected chi connectivity index (χ4v) is 4.36. The van der Waals surface area contributed by atoms with Crippen LogP contribution in [0.15, 0.2) is 23.1 Å². The van der Waals surface area contributed by atoms with Crippen molar-refractivity contribution >= 4 is 10.0 Å². The summed E-state index contributed by atoms with van der Waals surface area (Å²) in [6.45, 7) is 10.1. The lowest BCUT2D eigenvalue weighted by atomic mass is 10.1. The summed E-state index contributed by atoms with van der Waals surface area (Å²) < 4.78 is 27.2. The van der Waals surface area contributed by atoms with E-state index in [0.717, 1.165) is 18.7 Å². The smallest absolute Gasteiger partial charge is 0.243 e. The van der Waals surface area contributed by atoms with Crippen molar-refractivity contribution in [2.24, 2.45) is 5.92 Å². The van der Waals surface area contributed by atoms with Crippen molar-refractivity contribution in [3.8, 4) is 0 Å². The summed E-state index contributed by atoms with van der Waals surface area (Å²) >= 11 is 0. The molecule has 1 N–H and O–H groups in total. The molecule has 20 heavy (non-hydrogen) atoms. The molecule has 1 aliphatic rings. The summed E-state index contributed by atoms with van der Waals surface area (Å²) in [7, 11) is -3.41. The molecular weight excluding hydrogens is 272 g/mol. The molecule has 0 radical (unpaired) electrons. The van der Waals surface area contributed by atoms with E-state index in [1.807, 2.05) is 39.8 Å². The highest BCUT2D eigenvalue weighted by atomic mass is 32.2. The molecule has 0 saturated heterocycles. The third kappa shape index (κ3) is 3.05.